The minimum absolute atomic E-state index is 0.190. The fourth-order valence-corrected chi connectivity index (χ4v) is 6.14. The van der Waals surface area contributed by atoms with Gasteiger partial charge < -0.3 is 4.74 Å². The summed E-state index contributed by atoms with van der Waals surface area (Å²) in [4.78, 5) is 0. The van der Waals surface area contributed by atoms with Crippen LogP contribution in [0, 0.1) is 29.6 Å². The smallest absolute Gasteiger partial charge is 0.119 e. The van der Waals surface area contributed by atoms with E-state index in [9.17, 15) is 0 Å². The average molecular weight is 305 g/mol. The molecule has 0 aromatic heterocycles. The zero-order valence-corrected chi connectivity index (χ0v) is 13.6. The normalized spacial score (nSPS) is 38.5. The molecule has 0 radical (unpaired) electrons. The SMILES string of the molecule is CCOc1ccc(C(Cl)C2C3CC4CC(C3)CC2C4)cc1. The second-order valence-electron chi connectivity index (χ2n) is 7.41. The Kier molecular flexibility index (Phi) is 3.65. The van der Waals surface area contributed by atoms with Crippen molar-refractivity contribution in [2.45, 2.75) is 44.4 Å². The Hall–Kier alpha value is -0.690. The monoisotopic (exact) mass is 304 g/mol. The standard InChI is InChI=1S/C19H25ClO/c1-2-21-17-5-3-14(4-6-17)19(20)18-15-8-12-7-13(10-15)11-16(18)9-12/h3-6,12-13,15-16,18-19H,2,7-11H2,1H3. The van der Waals surface area contributed by atoms with Crippen LogP contribution < -0.4 is 4.74 Å². The molecule has 4 fully saturated rings. The van der Waals surface area contributed by atoms with Gasteiger partial charge in [-0.1, -0.05) is 12.1 Å². The molecule has 4 saturated carbocycles. The summed E-state index contributed by atoms with van der Waals surface area (Å²) in [6.45, 7) is 2.74. The van der Waals surface area contributed by atoms with E-state index in [1.807, 2.05) is 6.92 Å². The summed E-state index contributed by atoms with van der Waals surface area (Å²) in [5.74, 6) is 5.47. The largest absolute Gasteiger partial charge is 0.494 e. The van der Waals surface area contributed by atoms with Gasteiger partial charge in [-0.05, 0) is 86.3 Å². The molecule has 2 heteroatoms. The maximum absolute atomic E-state index is 6.94. The van der Waals surface area contributed by atoms with Crippen LogP contribution in [0.25, 0.3) is 0 Å². The Morgan fingerprint density at radius 3 is 2.10 bits per heavy atom. The minimum atomic E-state index is 0.190. The summed E-state index contributed by atoms with van der Waals surface area (Å²) in [7, 11) is 0. The van der Waals surface area contributed by atoms with Gasteiger partial charge in [-0.25, -0.2) is 0 Å². The van der Waals surface area contributed by atoms with Crippen LogP contribution in [0.15, 0.2) is 24.3 Å². The fourth-order valence-electron chi connectivity index (χ4n) is 5.58. The third kappa shape index (κ3) is 2.48. The van der Waals surface area contributed by atoms with E-state index in [-0.39, 0.29) is 5.38 Å². The molecule has 4 bridgehead atoms. The van der Waals surface area contributed by atoms with Crippen LogP contribution in [0.5, 0.6) is 5.75 Å². The Morgan fingerprint density at radius 1 is 1.00 bits per heavy atom. The molecule has 4 aliphatic carbocycles. The first-order valence-corrected chi connectivity index (χ1v) is 9.05. The zero-order valence-electron chi connectivity index (χ0n) is 12.8. The van der Waals surface area contributed by atoms with Crippen LogP contribution in [0.3, 0.4) is 0 Å². The summed E-state index contributed by atoms with van der Waals surface area (Å²) in [6, 6.07) is 8.50. The highest BCUT2D eigenvalue weighted by Gasteiger charge is 2.50. The average Bonchev–Trinajstić information content (AvgIpc) is 2.47. The lowest BCUT2D eigenvalue weighted by atomic mass is 9.51. The Bertz CT molecular complexity index is 467. The van der Waals surface area contributed by atoms with Crippen LogP contribution in [0.4, 0.5) is 0 Å². The molecule has 1 nitrogen and oxygen atoms in total. The van der Waals surface area contributed by atoms with E-state index in [2.05, 4.69) is 24.3 Å². The number of hydrogen-bond acceptors (Lipinski definition) is 1. The molecule has 1 unspecified atom stereocenters. The van der Waals surface area contributed by atoms with E-state index >= 15 is 0 Å². The Balaban J connectivity index is 1.53. The van der Waals surface area contributed by atoms with Crippen molar-refractivity contribution in [1.82, 2.24) is 0 Å². The molecular formula is C19H25ClO. The predicted octanol–water partition coefficient (Wildman–Crippen LogP) is 5.44. The van der Waals surface area contributed by atoms with Crippen molar-refractivity contribution in [1.29, 1.82) is 0 Å². The molecule has 0 heterocycles. The molecule has 0 spiro atoms. The Labute approximate surface area is 133 Å². The number of alkyl halides is 1. The van der Waals surface area contributed by atoms with Crippen LogP contribution in [0.2, 0.25) is 0 Å². The first kappa shape index (κ1) is 13.9. The van der Waals surface area contributed by atoms with E-state index in [1.54, 1.807) is 0 Å². The van der Waals surface area contributed by atoms with Crippen LogP contribution >= 0.6 is 11.6 Å². The van der Waals surface area contributed by atoms with Gasteiger partial charge >= 0.3 is 0 Å². The number of hydrogen-bond donors (Lipinski definition) is 0. The van der Waals surface area contributed by atoms with E-state index in [4.69, 9.17) is 16.3 Å². The highest BCUT2D eigenvalue weighted by molar-refractivity contribution is 6.21. The molecule has 0 saturated heterocycles. The molecule has 114 valence electrons. The number of rotatable bonds is 4. The lowest BCUT2D eigenvalue weighted by Gasteiger charge is -2.55. The van der Waals surface area contributed by atoms with Gasteiger partial charge in [0, 0.05) is 0 Å². The minimum Gasteiger partial charge on any atom is -0.494 e. The molecule has 0 aliphatic heterocycles. The molecule has 5 rings (SSSR count). The van der Waals surface area contributed by atoms with Crippen LogP contribution in [-0.2, 0) is 0 Å². The Morgan fingerprint density at radius 2 is 1.57 bits per heavy atom. The van der Waals surface area contributed by atoms with E-state index in [1.165, 1.54) is 37.7 Å². The molecule has 1 atom stereocenters. The number of halogens is 1. The predicted molar refractivity (Wildman–Crippen MR) is 86.7 cm³/mol. The van der Waals surface area contributed by atoms with Crippen LogP contribution in [0.1, 0.15) is 50.0 Å². The summed E-state index contributed by atoms with van der Waals surface area (Å²) >= 11 is 6.94. The summed E-state index contributed by atoms with van der Waals surface area (Å²) < 4.78 is 5.54. The maximum atomic E-state index is 6.94. The van der Waals surface area contributed by atoms with Crippen molar-refractivity contribution < 1.29 is 4.74 Å². The fraction of sp³-hybridized carbons (Fsp3) is 0.684. The highest BCUT2D eigenvalue weighted by Crippen LogP contribution is 2.60. The van der Waals surface area contributed by atoms with Gasteiger partial charge in [0.05, 0.1) is 12.0 Å². The maximum Gasteiger partial charge on any atom is 0.119 e. The van der Waals surface area contributed by atoms with Crippen molar-refractivity contribution in [3.8, 4) is 5.75 Å². The first-order valence-electron chi connectivity index (χ1n) is 8.61. The topological polar surface area (TPSA) is 9.23 Å². The van der Waals surface area contributed by atoms with Gasteiger partial charge in [-0.15, -0.1) is 11.6 Å². The number of ether oxygens (including phenoxy) is 1. The molecular weight excluding hydrogens is 280 g/mol. The molecule has 1 aromatic rings. The van der Waals surface area contributed by atoms with Crippen molar-refractivity contribution in [3.05, 3.63) is 29.8 Å². The third-order valence-electron chi connectivity index (χ3n) is 6.15. The summed E-state index contributed by atoms with van der Waals surface area (Å²) in [5.41, 5.74) is 1.29. The first-order chi connectivity index (χ1) is 10.2. The second-order valence-corrected chi connectivity index (χ2v) is 7.88. The lowest BCUT2D eigenvalue weighted by Crippen LogP contribution is -2.46. The van der Waals surface area contributed by atoms with E-state index < -0.39 is 0 Å². The third-order valence-corrected chi connectivity index (χ3v) is 6.69. The van der Waals surface area contributed by atoms with Crippen molar-refractivity contribution in [2.75, 3.05) is 6.61 Å². The molecule has 0 N–H and O–H groups in total. The zero-order chi connectivity index (χ0) is 14.4. The van der Waals surface area contributed by atoms with Crippen molar-refractivity contribution in [3.63, 3.8) is 0 Å². The van der Waals surface area contributed by atoms with Crippen molar-refractivity contribution in [2.24, 2.45) is 29.6 Å². The van der Waals surface area contributed by atoms with Gasteiger partial charge in [-0.2, -0.15) is 0 Å². The van der Waals surface area contributed by atoms with Gasteiger partial charge in [0.25, 0.3) is 0 Å². The highest BCUT2D eigenvalue weighted by atomic mass is 35.5. The van der Waals surface area contributed by atoms with Gasteiger partial charge in [-0.3, -0.25) is 0 Å². The lowest BCUT2D eigenvalue weighted by molar-refractivity contribution is -0.0381. The van der Waals surface area contributed by atoms with Gasteiger partial charge in [0.15, 0.2) is 0 Å². The van der Waals surface area contributed by atoms with Gasteiger partial charge in [0.1, 0.15) is 5.75 Å². The van der Waals surface area contributed by atoms with Gasteiger partial charge in [0.2, 0.25) is 0 Å². The van der Waals surface area contributed by atoms with Crippen LogP contribution in [-0.4, -0.2) is 6.61 Å². The summed E-state index contributed by atoms with van der Waals surface area (Å²) in [6.07, 6.45) is 7.28. The van der Waals surface area contributed by atoms with Crippen molar-refractivity contribution >= 4 is 11.6 Å². The van der Waals surface area contributed by atoms with E-state index in [0.29, 0.717) is 5.92 Å². The molecule has 21 heavy (non-hydrogen) atoms. The molecule has 0 amide bonds. The molecule has 1 aromatic carbocycles. The molecule has 4 aliphatic rings. The quantitative estimate of drug-likeness (QED) is 0.673. The summed E-state index contributed by atoms with van der Waals surface area (Å²) in [5, 5.41) is 0.190. The van der Waals surface area contributed by atoms with E-state index in [0.717, 1.165) is 36.0 Å². The second kappa shape index (κ2) is 5.50. The number of benzene rings is 1.